The van der Waals surface area contributed by atoms with Crippen molar-refractivity contribution < 1.29 is 14.6 Å². The van der Waals surface area contributed by atoms with Crippen molar-refractivity contribution in [3.05, 3.63) is 0 Å². The number of ether oxygens (including phenoxy) is 2. The fourth-order valence-corrected chi connectivity index (χ4v) is 4.13. The molecule has 2 heterocycles. The molecule has 104 valence electrons. The third kappa shape index (κ3) is 2.33. The van der Waals surface area contributed by atoms with Crippen LogP contribution in [0.15, 0.2) is 0 Å². The van der Waals surface area contributed by atoms with Crippen molar-refractivity contribution in [3.8, 4) is 0 Å². The van der Waals surface area contributed by atoms with Gasteiger partial charge in [-0.15, -0.1) is 0 Å². The van der Waals surface area contributed by atoms with Crippen LogP contribution in [0.3, 0.4) is 0 Å². The molecule has 4 unspecified atom stereocenters. The summed E-state index contributed by atoms with van der Waals surface area (Å²) in [6, 6.07) is 0. The Morgan fingerprint density at radius 3 is 2.72 bits per heavy atom. The highest BCUT2D eigenvalue weighted by Crippen LogP contribution is 2.51. The number of rotatable bonds is 2. The normalized spacial score (nSPS) is 52.5. The molecule has 1 N–H and O–H groups in total. The minimum absolute atomic E-state index is 0.00507. The van der Waals surface area contributed by atoms with E-state index in [0.29, 0.717) is 5.92 Å². The van der Waals surface area contributed by atoms with Crippen molar-refractivity contribution in [2.75, 3.05) is 0 Å². The predicted molar refractivity (Wildman–Crippen MR) is 69.0 cm³/mol. The molecule has 0 aromatic rings. The van der Waals surface area contributed by atoms with Gasteiger partial charge in [-0.2, -0.15) is 0 Å². The Labute approximate surface area is 110 Å². The predicted octanol–water partition coefficient (Wildman–Crippen LogP) is 3.35. The molecule has 0 spiro atoms. The molecular weight excluding hydrogens is 228 g/mol. The minimum atomic E-state index is -0.944. The molecule has 3 fully saturated rings. The van der Waals surface area contributed by atoms with Crippen LogP contribution in [0, 0.1) is 5.92 Å². The highest BCUT2D eigenvalue weighted by Gasteiger charge is 2.54. The van der Waals surface area contributed by atoms with Gasteiger partial charge in [0.25, 0.3) is 0 Å². The second-order valence-electron chi connectivity index (χ2n) is 7.07. The van der Waals surface area contributed by atoms with E-state index in [4.69, 9.17) is 9.47 Å². The number of hydrogen-bond donors (Lipinski definition) is 1. The van der Waals surface area contributed by atoms with Gasteiger partial charge in [-0.05, 0) is 38.5 Å². The van der Waals surface area contributed by atoms with Crippen molar-refractivity contribution in [1.82, 2.24) is 0 Å². The van der Waals surface area contributed by atoms with E-state index < -0.39 is 11.6 Å². The summed E-state index contributed by atoms with van der Waals surface area (Å²) in [5.74, 6) is -0.879. The Kier molecular flexibility index (Phi) is 3.00. The second-order valence-corrected chi connectivity index (χ2v) is 7.07. The lowest BCUT2D eigenvalue weighted by Gasteiger charge is -2.45. The first-order chi connectivity index (χ1) is 8.43. The Morgan fingerprint density at radius 2 is 1.94 bits per heavy atom. The van der Waals surface area contributed by atoms with E-state index in [1.165, 1.54) is 6.42 Å². The van der Waals surface area contributed by atoms with Crippen LogP contribution >= 0.6 is 0 Å². The molecule has 1 aliphatic carbocycles. The van der Waals surface area contributed by atoms with Gasteiger partial charge in [0.05, 0.1) is 5.60 Å². The van der Waals surface area contributed by atoms with E-state index in [1.807, 2.05) is 0 Å². The summed E-state index contributed by atoms with van der Waals surface area (Å²) in [5.41, 5.74) is -0.00507. The fraction of sp³-hybridized carbons (Fsp3) is 1.00. The van der Waals surface area contributed by atoms with Crippen molar-refractivity contribution in [1.29, 1.82) is 0 Å². The molecule has 2 bridgehead atoms. The maximum Gasteiger partial charge on any atom is 0.172 e. The van der Waals surface area contributed by atoms with Crippen LogP contribution in [0.5, 0.6) is 0 Å². The van der Waals surface area contributed by atoms with E-state index in [-0.39, 0.29) is 5.60 Å². The largest absolute Gasteiger partial charge is 0.365 e. The van der Waals surface area contributed by atoms with Gasteiger partial charge in [-0.1, -0.05) is 13.3 Å². The Bertz CT molecular complexity index is 332. The summed E-state index contributed by atoms with van der Waals surface area (Å²) in [7, 11) is 0. The molecule has 0 amide bonds. The quantitative estimate of drug-likeness (QED) is 0.768. The van der Waals surface area contributed by atoms with Gasteiger partial charge in [-0.3, -0.25) is 0 Å². The first-order valence-corrected chi connectivity index (χ1v) is 7.56. The summed E-state index contributed by atoms with van der Waals surface area (Å²) >= 11 is 0. The van der Waals surface area contributed by atoms with Gasteiger partial charge < -0.3 is 14.6 Å². The van der Waals surface area contributed by atoms with Crippen molar-refractivity contribution in [3.63, 3.8) is 0 Å². The SMILES string of the molecule is CC1CCCC(O)(OC23CCCC(C)(CC2)O3)C1. The summed E-state index contributed by atoms with van der Waals surface area (Å²) in [4.78, 5) is 0. The molecule has 0 radical (unpaired) electrons. The molecule has 2 saturated heterocycles. The van der Waals surface area contributed by atoms with Gasteiger partial charge in [-0.25, -0.2) is 0 Å². The van der Waals surface area contributed by atoms with E-state index >= 15 is 0 Å². The lowest BCUT2D eigenvalue weighted by Crippen LogP contribution is -2.49. The molecular formula is C15H26O3. The third-order valence-electron chi connectivity index (χ3n) is 5.04. The molecule has 1 saturated carbocycles. The number of aliphatic hydroxyl groups is 1. The van der Waals surface area contributed by atoms with E-state index in [0.717, 1.165) is 51.4 Å². The molecule has 3 heteroatoms. The zero-order valence-corrected chi connectivity index (χ0v) is 11.7. The summed E-state index contributed by atoms with van der Waals surface area (Å²) in [6.45, 7) is 4.39. The van der Waals surface area contributed by atoms with Crippen molar-refractivity contribution >= 4 is 0 Å². The van der Waals surface area contributed by atoms with Gasteiger partial charge in [0.2, 0.25) is 0 Å². The van der Waals surface area contributed by atoms with E-state index in [9.17, 15) is 5.11 Å². The topological polar surface area (TPSA) is 38.7 Å². The molecule has 3 rings (SSSR count). The number of hydrogen-bond acceptors (Lipinski definition) is 3. The highest BCUT2D eigenvalue weighted by atomic mass is 16.8. The molecule has 18 heavy (non-hydrogen) atoms. The van der Waals surface area contributed by atoms with E-state index in [2.05, 4.69) is 13.8 Å². The van der Waals surface area contributed by atoms with Crippen molar-refractivity contribution in [2.24, 2.45) is 5.92 Å². The van der Waals surface area contributed by atoms with Crippen LogP contribution in [0.1, 0.15) is 71.6 Å². The van der Waals surface area contributed by atoms with Gasteiger partial charge in [0, 0.05) is 25.7 Å². The maximum absolute atomic E-state index is 10.7. The Hall–Kier alpha value is -0.120. The van der Waals surface area contributed by atoms with Gasteiger partial charge >= 0.3 is 0 Å². The molecule has 0 aromatic heterocycles. The lowest BCUT2D eigenvalue weighted by atomic mass is 9.85. The smallest absolute Gasteiger partial charge is 0.172 e. The van der Waals surface area contributed by atoms with Crippen molar-refractivity contribution in [2.45, 2.75) is 88.8 Å². The standard InChI is InChI=1S/C15H26O3/c1-12-5-3-7-14(16,11-12)18-15-8-4-6-13(2,17-15)9-10-15/h12,16H,3-11H2,1-2H3. The third-order valence-corrected chi connectivity index (χ3v) is 5.04. The van der Waals surface area contributed by atoms with Crippen LogP contribution in [0.25, 0.3) is 0 Å². The van der Waals surface area contributed by atoms with Gasteiger partial charge in [0.15, 0.2) is 11.6 Å². The maximum atomic E-state index is 10.7. The Balaban J connectivity index is 1.72. The zero-order valence-electron chi connectivity index (χ0n) is 11.7. The average Bonchev–Trinajstić information content (AvgIpc) is 2.47. The number of fused-ring (bicyclic) bond motifs is 2. The van der Waals surface area contributed by atoms with Gasteiger partial charge in [0.1, 0.15) is 0 Å². The first kappa shape index (κ1) is 12.9. The summed E-state index contributed by atoms with van der Waals surface area (Å²) in [6.07, 6.45) is 9.03. The summed E-state index contributed by atoms with van der Waals surface area (Å²) in [5, 5.41) is 10.7. The van der Waals surface area contributed by atoms with Crippen LogP contribution in [-0.2, 0) is 9.47 Å². The second kappa shape index (κ2) is 4.19. The van der Waals surface area contributed by atoms with E-state index in [1.54, 1.807) is 0 Å². The lowest BCUT2D eigenvalue weighted by molar-refractivity contribution is -0.370. The van der Waals surface area contributed by atoms with Crippen LogP contribution in [0.4, 0.5) is 0 Å². The molecule has 4 atom stereocenters. The molecule has 3 nitrogen and oxygen atoms in total. The molecule has 2 aliphatic heterocycles. The fourth-order valence-electron chi connectivity index (χ4n) is 4.13. The average molecular weight is 254 g/mol. The minimum Gasteiger partial charge on any atom is -0.365 e. The van der Waals surface area contributed by atoms with Crippen LogP contribution in [0.2, 0.25) is 0 Å². The summed E-state index contributed by atoms with van der Waals surface area (Å²) < 4.78 is 12.4. The molecule has 3 aliphatic rings. The Morgan fingerprint density at radius 1 is 1.11 bits per heavy atom. The molecule has 0 aromatic carbocycles. The van der Waals surface area contributed by atoms with Crippen LogP contribution in [-0.4, -0.2) is 22.3 Å². The monoisotopic (exact) mass is 254 g/mol. The zero-order chi connectivity index (χ0) is 12.9. The highest BCUT2D eigenvalue weighted by molar-refractivity contribution is 4.96. The van der Waals surface area contributed by atoms with Crippen LogP contribution < -0.4 is 0 Å². The first-order valence-electron chi connectivity index (χ1n) is 7.56.